The van der Waals surface area contributed by atoms with Gasteiger partial charge in [-0.2, -0.15) is 9.78 Å². The molecule has 2 aliphatic heterocycles. The Morgan fingerprint density at radius 2 is 1.88 bits per heavy atom. The molecule has 0 radical (unpaired) electrons. The van der Waals surface area contributed by atoms with Crippen LogP contribution in [0.5, 0.6) is 5.75 Å². The zero-order valence-electron chi connectivity index (χ0n) is 15.4. The van der Waals surface area contributed by atoms with Crippen LogP contribution < -0.4 is 15.2 Å². The van der Waals surface area contributed by atoms with Gasteiger partial charge in [0.05, 0.1) is 6.20 Å². The Morgan fingerprint density at radius 3 is 2.62 bits per heavy atom. The first-order valence-electron chi connectivity index (χ1n) is 9.86. The Morgan fingerprint density at radius 1 is 1.12 bits per heavy atom. The van der Waals surface area contributed by atoms with Crippen LogP contribution in [0.15, 0.2) is 11.0 Å². The fourth-order valence-electron chi connectivity index (χ4n) is 4.25. The van der Waals surface area contributed by atoms with Crippen LogP contribution in [0.4, 0.5) is 5.69 Å². The molecule has 1 amide bonds. The van der Waals surface area contributed by atoms with E-state index in [1.54, 1.807) is 18.0 Å². The number of nitrogens with zero attached hydrogens (tertiary/aromatic N) is 3. The zero-order valence-corrected chi connectivity index (χ0v) is 15.4. The van der Waals surface area contributed by atoms with E-state index in [0.717, 1.165) is 32.1 Å². The molecule has 3 aliphatic rings. The molecule has 7 heteroatoms. The Bertz CT molecular complexity index is 720. The second-order valence-corrected chi connectivity index (χ2v) is 7.64. The second-order valence-electron chi connectivity index (χ2n) is 7.64. The third kappa shape index (κ3) is 3.24. The molecule has 3 heterocycles. The van der Waals surface area contributed by atoms with Crippen molar-refractivity contribution in [1.82, 2.24) is 9.78 Å². The lowest BCUT2D eigenvalue weighted by atomic mass is 9.88. The van der Waals surface area contributed by atoms with Gasteiger partial charge in [-0.1, -0.05) is 19.3 Å². The third-order valence-electron chi connectivity index (χ3n) is 5.73. The van der Waals surface area contributed by atoms with Crippen LogP contribution in [-0.4, -0.2) is 34.9 Å². The van der Waals surface area contributed by atoms with Crippen LogP contribution >= 0.6 is 0 Å². The number of aromatic nitrogens is 2. The number of fused-ring (bicyclic) bond motifs is 1. The molecule has 2 unspecified atom stereocenters. The van der Waals surface area contributed by atoms with Crippen LogP contribution in [0, 0.1) is 5.92 Å². The van der Waals surface area contributed by atoms with E-state index >= 15 is 0 Å². The molecule has 142 valence electrons. The van der Waals surface area contributed by atoms with Crippen LogP contribution in [0.2, 0.25) is 0 Å². The van der Waals surface area contributed by atoms with Gasteiger partial charge in [-0.3, -0.25) is 9.59 Å². The summed E-state index contributed by atoms with van der Waals surface area (Å²) >= 11 is 0. The minimum atomic E-state index is -0.651. The quantitative estimate of drug-likeness (QED) is 0.827. The van der Waals surface area contributed by atoms with Crippen LogP contribution in [0.3, 0.4) is 0 Å². The summed E-state index contributed by atoms with van der Waals surface area (Å²) < 4.78 is 12.8. The van der Waals surface area contributed by atoms with E-state index in [1.807, 2.05) is 0 Å². The fourth-order valence-corrected chi connectivity index (χ4v) is 4.25. The van der Waals surface area contributed by atoms with Gasteiger partial charge >= 0.3 is 5.56 Å². The van der Waals surface area contributed by atoms with Gasteiger partial charge in [-0.15, -0.1) is 0 Å². The number of carbonyl (C=O) groups excluding carboxylic acids is 1. The van der Waals surface area contributed by atoms with Gasteiger partial charge < -0.3 is 14.4 Å². The number of hydrogen-bond donors (Lipinski definition) is 0. The van der Waals surface area contributed by atoms with E-state index in [9.17, 15) is 9.59 Å². The molecule has 2 fully saturated rings. The van der Waals surface area contributed by atoms with Crippen LogP contribution in [0.1, 0.15) is 64.5 Å². The van der Waals surface area contributed by atoms with Crippen LogP contribution in [-0.2, 0) is 9.53 Å². The maximum atomic E-state index is 13.0. The number of carbonyl (C=O) groups is 1. The second kappa shape index (κ2) is 7.39. The van der Waals surface area contributed by atoms with E-state index in [-0.39, 0.29) is 23.4 Å². The average molecular weight is 361 g/mol. The van der Waals surface area contributed by atoms with Gasteiger partial charge in [0, 0.05) is 13.2 Å². The van der Waals surface area contributed by atoms with Crippen LogP contribution in [0.25, 0.3) is 0 Å². The number of rotatable bonds is 3. The summed E-state index contributed by atoms with van der Waals surface area (Å²) in [6.45, 7) is 2.99. The van der Waals surface area contributed by atoms with Crippen molar-refractivity contribution in [2.45, 2.75) is 70.6 Å². The molecule has 1 saturated heterocycles. The molecule has 26 heavy (non-hydrogen) atoms. The van der Waals surface area contributed by atoms with Gasteiger partial charge in [-0.05, 0) is 44.9 Å². The Hall–Kier alpha value is -1.89. The first-order chi connectivity index (χ1) is 12.6. The highest BCUT2D eigenvalue weighted by Gasteiger charge is 2.36. The lowest BCUT2D eigenvalue weighted by Gasteiger charge is -2.36. The first kappa shape index (κ1) is 17.5. The molecule has 0 N–H and O–H groups in total. The molecule has 2 atom stereocenters. The molecule has 0 bridgehead atoms. The SMILES string of the molecule is CC1Oc2c(cnn(C3CCCCO3)c2=O)N(CC2CCCCC2)C1=O. The van der Waals surface area contributed by atoms with E-state index in [4.69, 9.17) is 9.47 Å². The highest BCUT2D eigenvalue weighted by Crippen LogP contribution is 2.34. The molecule has 1 saturated carbocycles. The Labute approximate surface area is 153 Å². The van der Waals surface area contributed by atoms with Gasteiger partial charge in [0.25, 0.3) is 5.91 Å². The highest BCUT2D eigenvalue weighted by atomic mass is 16.5. The predicted molar refractivity (Wildman–Crippen MR) is 96.4 cm³/mol. The summed E-state index contributed by atoms with van der Waals surface area (Å²) in [5.74, 6) is 0.628. The lowest BCUT2D eigenvalue weighted by molar-refractivity contribution is -0.125. The molecule has 1 aromatic rings. The number of hydrogen-bond acceptors (Lipinski definition) is 5. The molecule has 7 nitrogen and oxygen atoms in total. The van der Waals surface area contributed by atoms with Crippen molar-refractivity contribution in [3.8, 4) is 5.75 Å². The first-order valence-corrected chi connectivity index (χ1v) is 9.86. The minimum absolute atomic E-state index is 0.0871. The largest absolute Gasteiger partial charge is 0.473 e. The lowest BCUT2D eigenvalue weighted by Crippen LogP contribution is -2.49. The normalized spacial score (nSPS) is 27.1. The third-order valence-corrected chi connectivity index (χ3v) is 5.73. The van der Waals surface area contributed by atoms with E-state index in [2.05, 4.69) is 5.10 Å². The Kier molecular flexibility index (Phi) is 4.98. The summed E-state index contributed by atoms with van der Waals surface area (Å²) in [6.07, 6.45) is 9.36. The highest BCUT2D eigenvalue weighted by molar-refractivity contribution is 5.99. The Balaban J connectivity index is 1.65. The molecule has 4 rings (SSSR count). The van der Waals surface area contributed by atoms with E-state index in [1.165, 1.54) is 23.9 Å². The predicted octanol–water partition coefficient (Wildman–Crippen LogP) is 2.64. The summed E-state index contributed by atoms with van der Waals surface area (Å²) in [5.41, 5.74) is 0.207. The van der Waals surface area contributed by atoms with Crippen molar-refractivity contribution in [2.75, 3.05) is 18.1 Å². The fraction of sp³-hybridized carbons (Fsp3) is 0.737. The summed E-state index contributed by atoms with van der Waals surface area (Å²) in [7, 11) is 0. The maximum absolute atomic E-state index is 13.0. The zero-order chi connectivity index (χ0) is 18.1. The smallest absolute Gasteiger partial charge is 0.313 e. The molecule has 1 aromatic heterocycles. The van der Waals surface area contributed by atoms with Crippen molar-refractivity contribution < 1.29 is 14.3 Å². The van der Waals surface area contributed by atoms with Gasteiger partial charge in [0.1, 0.15) is 5.69 Å². The number of anilines is 1. The summed E-state index contributed by atoms with van der Waals surface area (Å²) in [6, 6.07) is 0. The summed E-state index contributed by atoms with van der Waals surface area (Å²) in [4.78, 5) is 27.4. The number of ether oxygens (including phenoxy) is 2. The standard InChI is InChI=1S/C19H27N3O4/c1-13-18(23)21(12-14-7-3-2-4-8-14)15-11-20-22(19(24)17(15)26-13)16-9-5-6-10-25-16/h11,13-14,16H,2-10,12H2,1H3. The maximum Gasteiger partial charge on any atom is 0.313 e. The monoisotopic (exact) mass is 361 g/mol. The topological polar surface area (TPSA) is 73.7 Å². The molecule has 1 aliphatic carbocycles. The average Bonchev–Trinajstić information content (AvgIpc) is 2.68. The van der Waals surface area contributed by atoms with Crippen molar-refractivity contribution in [1.29, 1.82) is 0 Å². The molecular formula is C19H27N3O4. The number of amides is 1. The van der Waals surface area contributed by atoms with Crippen molar-refractivity contribution in [2.24, 2.45) is 5.92 Å². The van der Waals surface area contributed by atoms with Gasteiger partial charge in [-0.25, -0.2) is 0 Å². The van der Waals surface area contributed by atoms with E-state index < -0.39 is 6.10 Å². The van der Waals surface area contributed by atoms with Crippen molar-refractivity contribution in [3.05, 3.63) is 16.6 Å². The molecular weight excluding hydrogens is 334 g/mol. The van der Waals surface area contributed by atoms with Gasteiger partial charge in [0.15, 0.2) is 12.3 Å². The van der Waals surface area contributed by atoms with Crippen molar-refractivity contribution in [3.63, 3.8) is 0 Å². The minimum Gasteiger partial charge on any atom is -0.473 e. The van der Waals surface area contributed by atoms with E-state index in [0.29, 0.717) is 24.8 Å². The molecule has 0 aromatic carbocycles. The van der Waals surface area contributed by atoms with Gasteiger partial charge in [0.2, 0.25) is 5.75 Å². The van der Waals surface area contributed by atoms with Crippen molar-refractivity contribution >= 4 is 11.6 Å². The summed E-state index contributed by atoms with van der Waals surface area (Å²) in [5, 5.41) is 4.32. The molecule has 0 spiro atoms.